The van der Waals surface area contributed by atoms with Gasteiger partial charge >= 0.3 is 0 Å². The lowest BCUT2D eigenvalue weighted by Gasteiger charge is -2.28. The topological polar surface area (TPSA) is 70.8 Å². The van der Waals surface area contributed by atoms with Crippen molar-refractivity contribution in [3.8, 4) is 0 Å². The fourth-order valence-corrected chi connectivity index (χ4v) is 3.22. The van der Waals surface area contributed by atoms with Crippen molar-refractivity contribution in [1.82, 2.24) is 15.2 Å². The first-order valence-electron chi connectivity index (χ1n) is 7.22. The Morgan fingerprint density at radius 2 is 2.24 bits per heavy atom. The lowest BCUT2D eigenvalue weighted by molar-refractivity contribution is 0.716. The number of hydrogen-bond acceptors (Lipinski definition) is 4. The molecule has 0 aliphatic carbocycles. The van der Waals surface area contributed by atoms with E-state index in [0.717, 1.165) is 35.2 Å². The van der Waals surface area contributed by atoms with Crippen LogP contribution in [-0.4, -0.2) is 21.7 Å². The summed E-state index contributed by atoms with van der Waals surface area (Å²) in [6.45, 7) is 1.02. The molecule has 1 aliphatic heterocycles. The molecular weight excluding hydrogens is 262 g/mol. The molecule has 3 N–H and O–H groups in total. The molecule has 21 heavy (non-hydrogen) atoms. The van der Waals surface area contributed by atoms with Crippen molar-refractivity contribution in [2.45, 2.75) is 18.9 Å². The zero-order valence-corrected chi connectivity index (χ0v) is 11.7. The van der Waals surface area contributed by atoms with E-state index in [-0.39, 0.29) is 0 Å². The first kappa shape index (κ1) is 12.2. The summed E-state index contributed by atoms with van der Waals surface area (Å²) in [5.41, 5.74) is 10.4. The normalized spacial score (nSPS) is 18.5. The summed E-state index contributed by atoms with van der Waals surface area (Å²) < 4.78 is 0. The summed E-state index contributed by atoms with van der Waals surface area (Å²) in [5, 5.41) is 8.15. The Hall–Kier alpha value is -2.56. The maximum Gasteiger partial charge on any atom is 0.0672 e. The Morgan fingerprint density at radius 1 is 1.29 bits per heavy atom. The van der Waals surface area contributed by atoms with E-state index in [4.69, 9.17) is 5.73 Å². The number of benzene rings is 1. The fourth-order valence-electron chi connectivity index (χ4n) is 3.22. The van der Waals surface area contributed by atoms with Crippen LogP contribution >= 0.6 is 0 Å². The van der Waals surface area contributed by atoms with E-state index in [0.29, 0.717) is 6.04 Å². The Bertz CT molecular complexity index is 765. The maximum atomic E-state index is 6.27. The van der Waals surface area contributed by atoms with Crippen molar-refractivity contribution in [2.75, 3.05) is 17.2 Å². The first-order valence-corrected chi connectivity index (χ1v) is 7.22. The minimum Gasteiger partial charge on any atom is -0.397 e. The molecule has 1 atom stereocenters. The highest BCUT2D eigenvalue weighted by Gasteiger charge is 2.27. The van der Waals surface area contributed by atoms with Crippen molar-refractivity contribution in [3.05, 3.63) is 48.4 Å². The Balaban J connectivity index is 1.78. The van der Waals surface area contributed by atoms with E-state index in [1.54, 1.807) is 6.20 Å². The number of H-pyrrole nitrogens is 1. The summed E-state index contributed by atoms with van der Waals surface area (Å²) in [5.74, 6) is 0. The zero-order valence-electron chi connectivity index (χ0n) is 11.7. The third-order valence-electron chi connectivity index (χ3n) is 4.22. The van der Waals surface area contributed by atoms with Crippen LogP contribution < -0.4 is 10.6 Å². The highest BCUT2D eigenvalue weighted by molar-refractivity contribution is 5.89. The highest BCUT2D eigenvalue weighted by atomic mass is 15.2. The summed E-state index contributed by atoms with van der Waals surface area (Å²) in [6.07, 6.45) is 7.87. The molecule has 0 spiro atoms. The molecule has 3 aromatic rings. The zero-order chi connectivity index (χ0) is 14.2. The van der Waals surface area contributed by atoms with Crippen LogP contribution in [0.1, 0.15) is 24.4 Å². The van der Waals surface area contributed by atoms with E-state index < -0.39 is 0 Å². The van der Waals surface area contributed by atoms with Crippen LogP contribution in [0.4, 0.5) is 11.4 Å². The molecule has 0 saturated carbocycles. The number of pyridine rings is 1. The molecule has 0 amide bonds. The SMILES string of the molecule is Nc1cc2cn[nH]c2cc1N1CCCC1c1cccnc1. The third-order valence-corrected chi connectivity index (χ3v) is 4.22. The maximum absolute atomic E-state index is 6.27. The Morgan fingerprint density at radius 3 is 3.10 bits per heavy atom. The van der Waals surface area contributed by atoms with Crippen LogP contribution in [0.3, 0.4) is 0 Å². The minimum absolute atomic E-state index is 0.348. The molecule has 2 aromatic heterocycles. The summed E-state index contributed by atoms with van der Waals surface area (Å²) in [4.78, 5) is 6.63. The van der Waals surface area contributed by atoms with Gasteiger partial charge in [-0.15, -0.1) is 0 Å². The van der Waals surface area contributed by atoms with Gasteiger partial charge in [-0.3, -0.25) is 10.1 Å². The minimum atomic E-state index is 0.348. The van der Waals surface area contributed by atoms with Crippen molar-refractivity contribution in [2.24, 2.45) is 0 Å². The molecule has 1 saturated heterocycles. The number of aromatic amines is 1. The standard InChI is InChI=1S/C16H17N5/c17-13-7-12-10-19-20-14(12)8-16(13)21-6-2-4-15(21)11-3-1-5-18-9-11/h1,3,5,7-10,15H,2,4,6,17H2,(H,19,20). The number of nitrogens with one attached hydrogen (secondary N) is 1. The van der Waals surface area contributed by atoms with Crippen molar-refractivity contribution in [1.29, 1.82) is 0 Å². The molecule has 1 aliphatic rings. The number of hydrogen-bond donors (Lipinski definition) is 2. The molecule has 0 bridgehead atoms. The van der Waals surface area contributed by atoms with E-state index in [1.807, 2.05) is 24.5 Å². The van der Waals surface area contributed by atoms with Gasteiger partial charge in [0, 0.05) is 24.3 Å². The Kier molecular flexibility index (Phi) is 2.77. The van der Waals surface area contributed by atoms with Crippen LogP contribution in [0.15, 0.2) is 42.9 Å². The van der Waals surface area contributed by atoms with Gasteiger partial charge in [-0.1, -0.05) is 6.07 Å². The van der Waals surface area contributed by atoms with Gasteiger partial charge in [-0.2, -0.15) is 5.10 Å². The van der Waals surface area contributed by atoms with Crippen LogP contribution in [0.25, 0.3) is 10.9 Å². The average molecular weight is 279 g/mol. The van der Waals surface area contributed by atoms with E-state index in [9.17, 15) is 0 Å². The van der Waals surface area contributed by atoms with Crippen LogP contribution in [0.2, 0.25) is 0 Å². The van der Waals surface area contributed by atoms with Gasteiger partial charge in [-0.25, -0.2) is 0 Å². The number of nitrogens with two attached hydrogens (primary N) is 1. The van der Waals surface area contributed by atoms with Gasteiger partial charge in [-0.05, 0) is 36.6 Å². The number of fused-ring (bicyclic) bond motifs is 1. The van der Waals surface area contributed by atoms with Gasteiger partial charge in [0.25, 0.3) is 0 Å². The second kappa shape index (κ2) is 4.77. The molecular formula is C16H17N5. The molecule has 5 heteroatoms. The second-order valence-electron chi connectivity index (χ2n) is 5.51. The second-order valence-corrected chi connectivity index (χ2v) is 5.51. The molecule has 106 valence electrons. The van der Waals surface area contributed by atoms with Gasteiger partial charge in [0.05, 0.1) is 29.1 Å². The van der Waals surface area contributed by atoms with Gasteiger partial charge < -0.3 is 10.6 Å². The number of aromatic nitrogens is 3. The third kappa shape index (κ3) is 2.01. The lowest BCUT2D eigenvalue weighted by Crippen LogP contribution is -2.23. The van der Waals surface area contributed by atoms with Crippen LogP contribution in [0.5, 0.6) is 0 Å². The van der Waals surface area contributed by atoms with Crippen molar-refractivity contribution < 1.29 is 0 Å². The summed E-state index contributed by atoms with van der Waals surface area (Å²) in [6, 6.07) is 8.58. The number of nitrogens with zero attached hydrogens (tertiary/aromatic N) is 3. The summed E-state index contributed by atoms with van der Waals surface area (Å²) in [7, 11) is 0. The first-order chi connectivity index (χ1) is 10.3. The van der Waals surface area contributed by atoms with E-state index in [1.165, 1.54) is 12.0 Å². The molecule has 3 heterocycles. The van der Waals surface area contributed by atoms with Gasteiger partial charge in [0.1, 0.15) is 0 Å². The molecule has 1 aromatic carbocycles. The molecule has 5 nitrogen and oxygen atoms in total. The largest absolute Gasteiger partial charge is 0.397 e. The molecule has 1 unspecified atom stereocenters. The van der Waals surface area contributed by atoms with Crippen LogP contribution in [-0.2, 0) is 0 Å². The predicted octanol–water partition coefficient (Wildman–Crippen LogP) is 2.88. The summed E-state index contributed by atoms with van der Waals surface area (Å²) >= 11 is 0. The van der Waals surface area contributed by atoms with E-state index in [2.05, 4.69) is 32.2 Å². The highest BCUT2D eigenvalue weighted by Crippen LogP contribution is 2.39. The number of nitrogen functional groups attached to an aromatic ring is 1. The number of rotatable bonds is 2. The quantitative estimate of drug-likeness (QED) is 0.708. The monoisotopic (exact) mass is 279 g/mol. The average Bonchev–Trinajstić information content (AvgIpc) is 3.15. The lowest BCUT2D eigenvalue weighted by atomic mass is 10.1. The smallest absolute Gasteiger partial charge is 0.0672 e. The van der Waals surface area contributed by atoms with E-state index >= 15 is 0 Å². The van der Waals surface area contributed by atoms with Gasteiger partial charge in [0.15, 0.2) is 0 Å². The molecule has 4 rings (SSSR count). The fraction of sp³-hybridized carbons (Fsp3) is 0.250. The van der Waals surface area contributed by atoms with Crippen molar-refractivity contribution in [3.63, 3.8) is 0 Å². The van der Waals surface area contributed by atoms with Crippen molar-refractivity contribution >= 4 is 22.3 Å². The van der Waals surface area contributed by atoms with Crippen LogP contribution in [0, 0.1) is 0 Å². The molecule has 0 radical (unpaired) electrons. The number of anilines is 2. The van der Waals surface area contributed by atoms with Gasteiger partial charge in [0.2, 0.25) is 0 Å². The molecule has 1 fully saturated rings. The predicted molar refractivity (Wildman–Crippen MR) is 84.1 cm³/mol. The Labute approximate surface area is 122 Å².